The highest BCUT2D eigenvalue weighted by Crippen LogP contribution is 2.21. The summed E-state index contributed by atoms with van der Waals surface area (Å²) in [4.78, 5) is 16.6. The first-order chi connectivity index (χ1) is 12.6. The Morgan fingerprint density at radius 1 is 1.04 bits per heavy atom. The van der Waals surface area contributed by atoms with Crippen LogP contribution in [0.5, 0.6) is 5.75 Å². The Balaban J connectivity index is 1.67. The van der Waals surface area contributed by atoms with Crippen molar-refractivity contribution in [3.8, 4) is 5.75 Å². The average Bonchev–Trinajstić information content (AvgIpc) is 2.66. The van der Waals surface area contributed by atoms with Crippen molar-refractivity contribution in [1.29, 1.82) is 0 Å². The van der Waals surface area contributed by atoms with Gasteiger partial charge >= 0.3 is 0 Å². The highest BCUT2D eigenvalue weighted by molar-refractivity contribution is 5.94. The summed E-state index contributed by atoms with van der Waals surface area (Å²) in [6.45, 7) is 2.51. The molecule has 0 spiro atoms. The molecule has 0 saturated carbocycles. The highest BCUT2D eigenvalue weighted by Gasteiger charge is 2.07. The van der Waals surface area contributed by atoms with E-state index in [0.29, 0.717) is 12.1 Å². The maximum Gasteiger partial charge on any atom is 0.253 e. The quantitative estimate of drug-likeness (QED) is 0.705. The molecule has 0 atom stereocenters. The van der Waals surface area contributed by atoms with Gasteiger partial charge in [0, 0.05) is 24.5 Å². The summed E-state index contributed by atoms with van der Waals surface area (Å²) in [5.41, 5.74) is 4.34. The largest absolute Gasteiger partial charge is 0.497 e. The fraction of sp³-hybridized carbons (Fsp3) is 0.143. The van der Waals surface area contributed by atoms with Gasteiger partial charge in [-0.1, -0.05) is 35.9 Å². The fourth-order valence-corrected chi connectivity index (χ4v) is 2.61. The number of hydrogen-bond donors (Lipinski definition) is 2. The van der Waals surface area contributed by atoms with Crippen LogP contribution in [0.3, 0.4) is 0 Å². The highest BCUT2D eigenvalue weighted by atomic mass is 16.5. The molecule has 0 unspecified atom stereocenters. The van der Waals surface area contributed by atoms with Crippen LogP contribution in [0.25, 0.3) is 0 Å². The summed E-state index contributed by atoms with van der Waals surface area (Å²) in [6.07, 6.45) is 3.24. The van der Waals surface area contributed by atoms with Crippen molar-refractivity contribution in [2.75, 3.05) is 12.4 Å². The number of ether oxygens (including phenoxy) is 1. The van der Waals surface area contributed by atoms with Gasteiger partial charge in [-0.15, -0.1) is 0 Å². The van der Waals surface area contributed by atoms with Gasteiger partial charge in [0.1, 0.15) is 5.75 Å². The van der Waals surface area contributed by atoms with Gasteiger partial charge in [0.05, 0.1) is 24.6 Å². The Hall–Kier alpha value is -3.34. The van der Waals surface area contributed by atoms with Crippen LogP contribution in [0, 0.1) is 6.92 Å². The van der Waals surface area contributed by atoms with E-state index in [-0.39, 0.29) is 5.91 Å². The number of hydrogen-bond acceptors (Lipinski definition) is 4. The number of anilines is 2. The number of amides is 1. The van der Waals surface area contributed by atoms with Gasteiger partial charge in [0.2, 0.25) is 0 Å². The third kappa shape index (κ3) is 4.60. The molecule has 0 bridgehead atoms. The van der Waals surface area contributed by atoms with E-state index in [4.69, 9.17) is 4.74 Å². The van der Waals surface area contributed by atoms with E-state index in [9.17, 15) is 4.79 Å². The van der Waals surface area contributed by atoms with Crippen LogP contribution in [-0.2, 0) is 6.54 Å². The van der Waals surface area contributed by atoms with Crippen LogP contribution in [0.1, 0.15) is 21.5 Å². The number of aryl methyl sites for hydroxylation is 1. The van der Waals surface area contributed by atoms with Gasteiger partial charge in [-0.2, -0.15) is 0 Å². The molecule has 0 aliphatic carbocycles. The minimum Gasteiger partial charge on any atom is -0.497 e. The zero-order valence-electron chi connectivity index (χ0n) is 14.8. The molecule has 1 amide bonds. The molecule has 1 aromatic heterocycles. The van der Waals surface area contributed by atoms with E-state index < -0.39 is 0 Å². The first kappa shape index (κ1) is 17.5. The number of pyridine rings is 1. The normalized spacial score (nSPS) is 10.2. The molecular weight excluding hydrogens is 326 g/mol. The molecule has 5 nitrogen and oxygen atoms in total. The van der Waals surface area contributed by atoms with E-state index in [0.717, 1.165) is 22.7 Å². The maximum absolute atomic E-state index is 12.4. The summed E-state index contributed by atoms with van der Waals surface area (Å²) < 4.78 is 5.22. The van der Waals surface area contributed by atoms with Crippen LogP contribution < -0.4 is 15.4 Å². The molecule has 5 heteroatoms. The summed E-state index contributed by atoms with van der Waals surface area (Å²) in [5.74, 6) is 0.600. The average molecular weight is 347 g/mol. The van der Waals surface area contributed by atoms with Gasteiger partial charge in [-0.05, 0) is 30.7 Å². The lowest BCUT2D eigenvalue weighted by molar-refractivity contribution is 0.0950. The Kier molecular flexibility index (Phi) is 5.49. The van der Waals surface area contributed by atoms with Crippen LogP contribution in [0.15, 0.2) is 67.0 Å². The predicted octanol–water partition coefficient (Wildman–Crippen LogP) is 4.07. The van der Waals surface area contributed by atoms with E-state index in [1.807, 2.05) is 49.4 Å². The second kappa shape index (κ2) is 8.16. The second-order valence-corrected chi connectivity index (χ2v) is 5.99. The Labute approximate surface area is 153 Å². The molecule has 26 heavy (non-hydrogen) atoms. The predicted molar refractivity (Wildman–Crippen MR) is 103 cm³/mol. The first-order valence-electron chi connectivity index (χ1n) is 8.34. The van der Waals surface area contributed by atoms with Crippen LogP contribution >= 0.6 is 0 Å². The van der Waals surface area contributed by atoms with Gasteiger partial charge in [-0.25, -0.2) is 0 Å². The minimum atomic E-state index is -0.159. The Morgan fingerprint density at radius 2 is 1.88 bits per heavy atom. The molecule has 1 heterocycles. The lowest BCUT2D eigenvalue weighted by Gasteiger charge is -2.10. The number of methoxy groups -OCH3 is 1. The number of rotatable bonds is 6. The van der Waals surface area contributed by atoms with Crippen molar-refractivity contribution in [3.63, 3.8) is 0 Å². The van der Waals surface area contributed by atoms with E-state index in [1.54, 1.807) is 25.6 Å². The number of carbonyl (C=O) groups excluding carboxylic acids is 1. The summed E-state index contributed by atoms with van der Waals surface area (Å²) >= 11 is 0. The summed E-state index contributed by atoms with van der Waals surface area (Å²) in [5, 5.41) is 6.16. The van der Waals surface area contributed by atoms with Crippen molar-refractivity contribution >= 4 is 17.3 Å². The molecule has 0 saturated heterocycles. The van der Waals surface area contributed by atoms with Crippen molar-refractivity contribution in [2.24, 2.45) is 0 Å². The van der Waals surface area contributed by atoms with Crippen molar-refractivity contribution in [2.45, 2.75) is 13.5 Å². The zero-order valence-corrected chi connectivity index (χ0v) is 14.8. The molecule has 2 N–H and O–H groups in total. The lowest BCUT2D eigenvalue weighted by Crippen LogP contribution is -2.23. The van der Waals surface area contributed by atoms with E-state index >= 15 is 0 Å². The topological polar surface area (TPSA) is 63.2 Å². The second-order valence-electron chi connectivity index (χ2n) is 5.99. The fourth-order valence-electron chi connectivity index (χ4n) is 2.61. The minimum absolute atomic E-state index is 0.159. The molecule has 0 radical (unpaired) electrons. The van der Waals surface area contributed by atoms with E-state index in [2.05, 4.69) is 21.7 Å². The number of nitrogens with one attached hydrogen (secondary N) is 2. The maximum atomic E-state index is 12.4. The van der Waals surface area contributed by atoms with Gasteiger partial charge < -0.3 is 15.4 Å². The number of benzene rings is 2. The van der Waals surface area contributed by atoms with Gasteiger partial charge in [0.15, 0.2) is 0 Å². The number of carbonyl (C=O) groups is 1. The number of nitrogens with zero attached hydrogens (tertiary/aromatic N) is 1. The van der Waals surface area contributed by atoms with Gasteiger partial charge in [0.25, 0.3) is 5.91 Å². The van der Waals surface area contributed by atoms with Crippen LogP contribution in [-0.4, -0.2) is 18.0 Å². The molecule has 2 aromatic carbocycles. The molecule has 132 valence electrons. The standard InChI is InChI=1S/C21H21N3O2/c1-15-5-3-6-16(9-15)12-23-21(25)17-10-19(14-22-13-17)24-18-7-4-8-20(11-18)26-2/h3-11,13-14,24H,12H2,1-2H3,(H,23,25). The Bertz CT molecular complexity index is 909. The third-order valence-electron chi connectivity index (χ3n) is 3.89. The summed E-state index contributed by atoms with van der Waals surface area (Å²) in [6, 6.07) is 17.4. The smallest absolute Gasteiger partial charge is 0.253 e. The molecule has 0 aliphatic heterocycles. The molecule has 3 aromatic rings. The monoisotopic (exact) mass is 347 g/mol. The molecular formula is C21H21N3O2. The van der Waals surface area contributed by atoms with Crippen molar-refractivity contribution in [3.05, 3.63) is 83.7 Å². The molecule has 3 rings (SSSR count). The SMILES string of the molecule is COc1cccc(Nc2cncc(C(=O)NCc3cccc(C)c3)c2)c1. The molecule has 0 aliphatic rings. The van der Waals surface area contributed by atoms with Crippen LogP contribution in [0.2, 0.25) is 0 Å². The van der Waals surface area contributed by atoms with E-state index in [1.165, 1.54) is 5.56 Å². The lowest BCUT2D eigenvalue weighted by atomic mass is 10.1. The third-order valence-corrected chi connectivity index (χ3v) is 3.89. The zero-order chi connectivity index (χ0) is 18.4. The van der Waals surface area contributed by atoms with Gasteiger partial charge in [-0.3, -0.25) is 9.78 Å². The summed E-state index contributed by atoms with van der Waals surface area (Å²) in [7, 11) is 1.62. The Morgan fingerprint density at radius 3 is 2.69 bits per heavy atom. The van der Waals surface area contributed by atoms with Crippen molar-refractivity contribution in [1.82, 2.24) is 10.3 Å². The van der Waals surface area contributed by atoms with Crippen molar-refractivity contribution < 1.29 is 9.53 Å². The van der Waals surface area contributed by atoms with Crippen LogP contribution in [0.4, 0.5) is 11.4 Å². The molecule has 0 fully saturated rings. The first-order valence-corrected chi connectivity index (χ1v) is 8.34. The number of aromatic nitrogens is 1.